The fraction of sp³-hybridized carbons (Fsp3) is 0.556. The Morgan fingerprint density at radius 1 is 1.22 bits per heavy atom. The zero-order valence-corrected chi connectivity index (χ0v) is 13.8. The highest BCUT2D eigenvalue weighted by molar-refractivity contribution is 6.01. The van der Waals surface area contributed by atoms with Gasteiger partial charge in [-0.2, -0.15) is 0 Å². The third kappa shape index (κ3) is 3.33. The molecule has 0 saturated carbocycles. The van der Waals surface area contributed by atoms with Gasteiger partial charge in [0.05, 0.1) is 17.7 Å². The average Bonchev–Trinajstić information content (AvgIpc) is 3.16. The molecule has 2 aliphatic heterocycles. The topological polar surface area (TPSA) is 49.9 Å². The molecule has 3 rings (SSSR count). The van der Waals surface area contributed by atoms with E-state index in [9.17, 15) is 9.59 Å². The van der Waals surface area contributed by atoms with Crippen LogP contribution in [0.2, 0.25) is 0 Å². The molecule has 1 atom stereocenters. The van der Waals surface area contributed by atoms with Crippen LogP contribution in [-0.4, -0.2) is 42.5 Å². The van der Waals surface area contributed by atoms with Crippen molar-refractivity contribution in [3.05, 3.63) is 24.3 Å². The lowest BCUT2D eigenvalue weighted by atomic mass is 10.1. The lowest BCUT2D eigenvalue weighted by molar-refractivity contribution is -0.134. The van der Waals surface area contributed by atoms with Crippen molar-refractivity contribution in [2.45, 2.75) is 39.2 Å². The molecule has 0 aliphatic carbocycles. The molecular formula is C18H24N2O3. The van der Waals surface area contributed by atoms with Crippen molar-refractivity contribution in [1.82, 2.24) is 4.90 Å². The molecule has 0 bridgehead atoms. The van der Waals surface area contributed by atoms with E-state index < -0.39 is 0 Å². The summed E-state index contributed by atoms with van der Waals surface area (Å²) in [4.78, 5) is 28.6. The van der Waals surface area contributed by atoms with Crippen LogP contribution in [0.4, 0.5) is 5.69 Å². The summed E-state index contributed by atoms with van der Waals surface area (Å²) >= 11 is 0. The monoisotopic (exact) mass is 316 g/mol. The summed E-state index contributed by atoms with van der Waals surface area (Å²) in [6, 6.07) is 7.55. The van der Waals surface area contributed by atoms with Gasteiger partial charge in [0.25, 0.3) is 0 Å². The standard InChI is InChI=1S/C18H24N2O3/c1-13(2)23-16-8-4-3-7-15(16)20-12-14(11-17(20)21)18(22)19-9-5-6-10-19/h3-4,7-8,13-14H,5-6,9-12H2,1-2H3. The minimum Gasteiger partial charge on any atom is -0.489 e. The molecule has 2 saturated heterocycles. The number of carbonyl (C=O) groups excluding carboxylic acids is 2. The normalized spacial score (nSPS) is 21.3. The van der Waals surface area contributed by atoms with Crippen molar-refractivity contribution in [3.8, 4) is 5.75 Å². The molecule has 124 valence electrons. The Hall–Kier alpha value is -2.04. The maximum Gasteiger partial charge on any atom is 0.228 e. The van der Waals surface area contributed by atoms with Crippen LogP contribution in [0.5, 0.6) is 5.75 Å². The van der Waals surface area contributed by atoms with Crippen molar-refractivity contribution >= 4 is 17.5 Å². The van der Waals surface area contributed by atoms with Gasteiger partial charge in [-0.3, -0.25) is 9.59 Å². The number of hydrogen-bond donors (Lipinski definition) is 0. The molecule has 2 amide bonds. The zero-order chi connectivity index (χ0) is 16.4. The van der Waals surface area contributed by atoms with Crippen molar-refractivity contribution in [2.75, 3.05) is 24.5 Å². The van der Waals surface area contributed by atoms with Crippen LogP contribution in [0.25, 0.3) is 0 Å². The maximum absolute atomic E-state index is 12.5. The summed E-state index contributed by atoms with van der Waals surface area (Å²) in [5.74, 6) is 0.598. The van der Waals surface area contributed by atoms with Gasteiger partial charge in [0.2, 0.25) is 11.8 Å². The smallest absolute Gasteiger partial charge is 0.228 e. The van der Waals surface area contributed by atoms with E-state index in [4.69, 9.17) is 4.74 Å². The second kappa shape index (κ2) is 6.60. The Morgan fingerprint density at radius 3 is 2.61 bits per heavy atom. The number of ether oxygens (including phenoxy) is 1. The molecule has 5 nitrogen and oxygen atoms in total. The number of amides is 2. The van der Waals surface area contributed by atoms with Gasteiger partial charge in [-0.1, -0.05) is 12.1 Å². The van der Waals surface area contributed by atoms with Crippen LogP contribution in [0.3, 0.4) is 0 Å². The molecule has 0 radical (unpaired) electrons. The molecular weight excluding hydrogens is 292 g/mol. The van der Waals surface area contributed by atoms with Gasteiger partial charge in [0.1, 0.15) is 5.75 Å². The van der Waals surface area contributed by atoms with E-state index in [-0.39, 0.29) is 23.8 Å². The van der Waals surface area contributed by atoms with E-state index in [0.29, 0.717) is 18.7 Å². The fourth-order valence-electron chi connectivity index (χ4n) is 3.34. The van der Waals surface area contributed by atoms with Crippen LogP contribution < -0.4 is 9.64 Å². The van der Waals surface area contributed by atoms with Gasteiger partial charge in [-0.05, 0) is 38.8 Å². The summed E-state index contributed by atoms with van der Waals surface area (Å²) in [6.07, 6.45) is 2.48. The van der Waals surface area contributed by atoms with Gasteiger partial charge >= 0.3 is 0 Å². The molecule has 1 aromatic carbocycles. The van der Waals surface area contributed by atoms with E-state index >= 15 is 0 Å². The summed E-state index contributed by atoms with van der Waals surface area (Å²) < 4.78 is 5.81. The van der Waals surface area contributed by atoms with E-state index in [0.717, 1.165) is 31.6 Å². The van der Waals surface area contributed by atoms with Crippen molar-refractivity contribution in [1.29, 1.82) is 0 Å². The predicted molar refractivity (Wildman–Crippen MR) is 88.5 cm³/mol. The Kier molecular flexibility index (Phi) is 4.55. The Bertz CT molecular complexity index is 594. The van der Waals surface area contributed by atoms with Gasteiger partial charge in [-0.25, -0.2) is 0 Å². The van der Waals surface area contributed by atoms with Crippen molar-refractivity contribution in [3.63, 3.8) is 0 Å². The first kappa shape index (κ1) is 15.8. The number of nitrogens with zero attached hydrogens (tertiary/aromatic N) is 2. The first-order valence-electron chi connectivity index (χ1n) is 8.41. The highest BCUT2D eigenvalue weighted by Gasteiger charge is 2.38. The molecule has 0 N–H and O–H groups in total. The number of para-hydroxylation sites is 2. The number of hydrogen-bond acceptors (Lipinski definition) is 3. The van der Waals surface area contributed by atoms with Gasteiger partial charge in [0.15, 0.2) is 0 Å². The molecule has 5 heteroatoms. The summed E-state index contributed by atoms with van der Waals surface area (Å²) in [6.45, 7) is 6.03. The number of rotatable bonds is 4. The molecule has 0 aromatic heterocycles. The van der Waals surface area contributed by atoms with E-state index in [1.54, 1.807) is 4.90 Å². The minimum atomic E-state index is -0.229. The minimum absolute atomic E-state index is 0.00218. The highest BCUT2D eigenvalue weighted by Crippen LogP contribution is 2.34. The van der Waals surface area contributed by atoms with E-state index in [1.165, 1.54) is 0 Å². The van der Waals surface area contributed by atoms with Crippen LogP contribution in [-0.2, 0) is 9.59 Å². The van der Waals surface area contributed by atoms with Crippen molar-refractivity contribution < 1.29 is 14.3 Å². The third-order valence-electron chi connectivity index (χ3n) is 4.41. The number of carbonyl (C=O) groups is 2. The molecule has 0 spiro atoms. The molecule has 1 aromatic rings. The Balaban J connectivity index is 1.76. The lowest BCUT2D eigenvalue weighted by Gasteiger charge is -2.23. The molecule has 2 heterocycles. The van der Waals surface area contributed by atoms with Crippen LogP contribution in [0.15, 0.2) is 24.3 Å². The summed E-state index contributed by atoms with van der Waals surface area (Å²) in [5, 5.41) is 0. The first-order valence-corrected chi connectivity index (χ1v) is 8.41. The average molecular weight is 316 g/mol. The Morgan fingerprint density at radius 2 is 1.91 bits per heavy atom. The van der Waals surface area contributed by atoms with E-state index in [2.05, 4.69) is 0 Å². The number of benzene rings is 1. The zero-order valence-electron chi connectivity index (χ0n) is 13.8. The first-order chi connectivity index (χ1) is 11.1. The molecule has 2 fully saturated rings. The van der Waals surface area contributed by atoms with Gasteiger partial charge < -0.3 is 14.5 Å². The number of likely N-dealkylation sites (tertiary alicyclic amines) is 1. The molecule has 23 heavy (non-hydrogen) atoms. The van der Waals surface area contributed by atoms with Crippen LogP contribution >= 0.6 is 0 Å². The summed E-state index contributed by atoms with van der Waals surface area (Å²) in [5.41, 5.74) is 0.767. The van der Waals surface area contributed by atoms with Crippen LogP contribution in [0.1, 0.15) is 33.1 Å². The number of anilines is 1. The van der Waals surface area contributed by atoms with Gasteiger partial charge in [-0.15, -0.1) is 0 Å². The van der Waals surface area contributed by atoms with E-state index in [1.807, 2.05) is 43.0 Å². The molecule has 1 unspecified atom stereocenters. The second-order valence-electron chi connectivity index (χ2n) is 6.57. The van der Waals surface area contributed by atoms with Crippen LogP contribution in [0, 0.1) is 5.92 Å². The Labute approximate surface area is 137 Å². The summed E-state index contributed by atoms with van der Waals surface area (Å²) in [7, 11) is 0. The second-order valence-corrected chi connectivity index (χ2v) is 6.57. The molecule has 2 aliphatic rings. The quantitative estimate of drug-likeness (QED) is 0.857. The van der Waals surface area contributed by atoms with Gasteiger partial charge in [0, 0.05) is 26.1 Å². The van der Waals surface area contributed by atoms with Crippen molar-refractivity contribution in [2.24, 2.45) is 5.92 Å². The maximum atomic E-state index is 12.5. The largest absolute Gasteiger partial charge is 0.489 e. The predicted octanol–water partition coefficient (Wildman–Crippen LogP) is 2.45. The third-order valence-corrected chi connectivity index (χ3v) is 4.41. The SMILES string of the molecule is CC(C)Oc1ccccc1N1CC(C(=O)N2CCCC2)CC1=O. The lowest BCUT2D eigenvalue weighted by Crippen LogP contribution is -2.35. The highest BCUT2D eigenvalue weighted by atomic mass is 16.5. The fourth-order valence-corrected chi connectivity index (χ4v) is 3.34.